The van der Waals surface area contributed by atoms with E-state index < -0.39 is 0 Å². The lowest BCUT2D eigenvalue weighted by molar-refractivity contribution is 0.0963. The molecule has 0 aliphatic rings. The molecule has 0 aliphatic carbocycles. The number of hydrogen-bond donors (Lipinski definition) is 3. The van der Waals surface area contributed by atoms with Gasteiger partial charge in [0.25, 0.3) is 5.91 Å². The molecule has 0 aromatic heterocycles. The quantitative estimate of drug-likeness (QED) is 0.675. The maximum absolute atomic E-state index is 11.6. The molecule has 0 fully saturated rings. The second-order valence-corrected chi connectivity index (χ2v) is 5.42. The summed E-state index contributed by atoms with van der Waals surface area (Å²) in [6.45, 7) is 5.48. The number of amides is 3. The molecule has 21 heavy (non-hydrogen) atoms. The van der Waals surface area contributed by atoms with E-state index in [9.17, 15) is 9.59 Å². The summed E-state index contributed by atoms with van der Waals surface area (Å²) in [7, 11) is 1.60. The number of rotatable bonds is 7. The molecule has 0 saturated carbocycles. The Labute approximate surface area is 126 Å². The van der Waals surface area contributed by atoms with Gasteiger partial charge in [-0.2, -0.15) is 0 Å². The molecule has 0 atom stereocenters. The Morgan fingerprint density at radius 3 is 2.33 bits per heavy atom. The van der Waals surface area contributed by atoms with E-state index in [1.807, 2.05) is 12.1 Å². The van der Waals surface area contributed by atoms with Crippen molar-refractivity contribution in [1.82, 2.24) is 16.0 Å². The van der Waals surface area contributed by atoms with Crippen molar-refractivity contribution in [2.45, 2.75) is 33.2 Å². The van der Waals surface area contributed by atoms with E-state index in [2.05, 4.69) is 29.8 Å². The molecule has 5 nitrogen and oxygen atoms in total. The van der Waals surface area contributed by atoms with Gasteiger partial charge in [-0.1, -0.05) is 26.0 Å². The highest BCUT2D eigenvalue weighted by Gasteiger charge is 2.03. The van der Waals surface area contributed by atoms with Crippen molar-refractivity contribution < 1.29 is 9.59 Å². The van der Waals surface area contributed by atoms with Crippen LogP contribution in [0.25, 0.3) is 0 Å². The highest BCUT2D eigenvalue weighted by Crippen LogP contribution is 2.04. The molecule has 116 valence electrons. The lowest BCUT2D eigenvalue weighted by Crippen LogP contribution is -2.35. The summed E-state index contributed by atoms with van der Waals surface area (Å²) in [5.41, 5.74) is 1.57. The van der Waals surface area contributed by atoms with Crippen LogP contribution in [0.1, 0.15) is 42.6 Å². The van der Waals surface area contributed by atoms with E-state index in [4.69, 9.17) is 0 Å². The maximum atomic E-state index is 11.6. The minimum Gasteiger partial charge on any atom is -0.355 e. The first-order chi connectivity index (χ1) is 10.0. The molecule has 1 aromatic rings. The van der Waals surface area contributed by atoms with Gasteiger partial charge in [-0.15, -0.1) is 0 Å². The molecule has 0 aliphatic heterocycles. The number of nitrogens with one attached hydrogen (secondary N) is 3. The van der Waals surface area contributed by atoms with Crippen LogP contribution in [0.3, 0.4) is 0 Å². The number of urea groups is 1. The van der Waals surface area contributed by atoms with Crippen molar-refractivity contribution in [2.24, 2.45) is 5.92 Å². The van der Waals surface area contributed by atoms with E-state index in [-0.39, 0.29) is 11.9 Å². The van der Waals surface area contributed by atoms with Crippen molar-refractivity contribution in [1.29, 1.82) is 0 Å². The van der Waals surface area contributed by atoms with Crippen LogP contribution in [0.15, 0.2) is 24.3 Å². The number of benzene rings is 1. The molecule has 0 unspecified atom stereocenters. The zero-order valence-electron chi connectivity index (χ0n) is 13.0. The molecular weight excluding hydrogens is 266 g/mol. The topological polar surface area (TPSA) is 70.2 Å². The summed E-state index contributed by atoms with van der Waals surface area (Å²) in [4.78, 5) is 23.0. The fourth-order valence-electron chi connectivity index (χ4n) is 1.88. The van der Waals surface area contributed by atoms with Gasteiger partial charge in [0, 0.05) is 25.7 Å². The summed E-state index contributed by atoms with van der Waals surface area (Å²) < 4.78 is 0. The second-order valence-electron chi connectivity index (χ2n) is 5.42. The Hall–Kier alpha value is -2.04. The SMILES string of the molecule is CNC(=O)c1ccc(CNC(=O)NCCCC(C)C)cc1. The van der Waals surface area contributed by atoms with Gasteiger partial charge in [0.1, 0.15) is 0 Å². The molecule has 3 N–H and O–H groups in total. The largest absolute Gasteiger partial charge is 0.355 e. The Morgan fingerprint density at radius 2 is 1.76 bits per heavy atom. The summed E-state index contributed by atoms with van der Waals surface area (Å²) in [5, 5.41) is 8.20. The van der Waals surface area contributed by atoms with Gasteiger partial charge >= 0.3 is 6.03 Å². The summed E-state index contributed by atoms with van der Waals surface area (Å²) in [6.07, 6.45) is 2.10. The van der Waals surface area contributed by atoms with Crippen molar-refractivity contribution >= 4 is 11.9 Å². The Morgan fingerprint density at radius 1 is 1.10 bits per heavy atom. The van der Waals surface area contributed by atoms with Gasteiger partial charge in [-0.25, -0.2) is 4.79 Å². The van der Waals surface area contributed by atoms with Crippen LogP contribution in [-0.2, 0) is 6.54 Å². The zero-order chi connectivity index (χ0) is 15.7. The third-order valence-corrected chi connectivity index (χ3v) is 3.14. The van der Waals surface area contributed by atoms with Gasteiger partial charge < -0.3 is 16.0 Å². The van der Waals surface area contributed by atoms with E-state index in [0.717, 1.165) is 18.4 Å². The highest BCUT2D eigenvalue weighted by atomic mass is 16.2. The van der Waals surface area contributed by atoms with Crippen LogP contribution in [0.2, 0.25) is 0 Å². The number of hydrogen-bond acceptors (Lipinski definition) is 2. The zero-order valence-corrected chi connectivity index (χ0v) is 13.0. The van der Waals surface area contributed by atoms with Gasteiger partial charge in [0.05, 0.1) is 0 Å². The van der Waals surface area contributed by atoms with Gasteiger partial charge in [0.15, 0.2) is 0 Å². The Kier molecular flexibility index (Phi) is 7.29. The Balaban J connectivity index is 2.28. The van der Waals surface area contributed by atoms with Gasteiger partial charge in [-0.3, -0.25) is 4.79 Å². The highest BCUT2D eigenvalue weighted by molar-refractivity contribution is 5.93. The number of carbonyl (C=O) groups is 2. The van der Waals surface area contributed by atoms with Crippen LogP contribution in [0.4, 0.5) is 4.79 Å². The third kappa shape index (κ3) is 6.79. The molecule has 1 aromatic carbocycles. The van der Waals surface area contributed by atoms with Crippen molar-refractivity contribution in [3.8, 4) is 0 Å². The van der Waals surface area contributed by atoms with Crippen LogP contribution in [-0.4, -0.2) is 25.5 Å². The molecule has 0 heterocycles. The molecule has 0 saturated heterocycles. The summed E-state index contributed by atoms with van der Waals surface area (Å²) >= 11 is 0. The molecule has 3 amide bonds. The molecular formula is C16H25N3O2. The van der Waals surface area contributed by atoms with Gasteiger partial charge in [0.2, 0.25) is 0 Å². The van der Waals surface area contributed by atoms with Gasteiger partial charge in [-0.05, 0) is 36.5 Å². The minimum absolute atomic E-state index is 0.114. The molecule has 1 rings (SSSR count). The minimum atomic E-state index is -0.158. The Bertz CT molecular complexity index is 455. The van der Waals surface area contributed by atoms with Crippen molar-refractivity contribution in [3.05, 3.63) is 35.4 Å². The fraction of sp³-hybridized carbons (Fsp3) is 0.500. The first kappa shape index (κ1) is 17.0. The van der Waals surface area contributed by atoms with E-state index >= 15 is 0 Å². The maximum Gasteiger partial charge on any atom is 0.315 e. The van der Waals surface area contributed by atoms with Crippen LogP contribution >= 0.6 is 0 Å². The molecule has 0 radical (unpaired) electrons. The van der Waals surface area contributed by atoms with Crippen molar-refractivity contribution in [2.75, 3.05) is 13.6 Å². The number of carbonyl (C=O) groups excluding carboxylic acids is 2. The average molecular weight is 291 g/mol. The molecule has 0 bridgehead atoms. The fourth-order valence-corrected chi connectivity index (χ4v) is 1.88. The summed E-state index contributed by atoms with van der Waals surface area (Å²) in [5.74, 6) is 0.547. The monoisotopic (exact) mass is 291 g/mol. The first-order valence-corrected chi connectivity index (χ1v) is 7.35. The lowest BCUT2D eigenvalue weighted by atomic mass is 10.1. The molecule has 0 spiro atoms. The summed E-state index contributed by atoms with van der Waals surface area (Å²) in [6, 6.07) is 7.01. The normalized spacial score (nSPS) is 10.3. The smallest absolute Gasteiger partial charge is 0.315 e. The van der Waals surface area contributed by atoms with E-state index in [1.54, 1.807) is 19.2 Å². The van der Waals surface area contributed by atoms with E-state index in [1.165, 1.54) is 0 Å². The lowest BCUT2D eigenvalue weighted by Gasteiger charge is -2.09. The second kappa shape index (κ2) is 9.00. The predicted molar refractivity (Wildman–Crippen MR) is 84.1 cm³/mol. The molecule has 5 heteroatoms. The van der Waals surface area contributed by atoms with Crippen LogP contribution < -0.4 is 16.0 Å². The third-order valence-electron chi connectivity index (χ3n) is 3.14. The first-order valence-electron chi connectivity index (χ1n) is 7.35. The predicted octanol–water partition coefficient (Wildman–Crippen LogP) is 2.28. The van der Waals surface area contributed by atoms with Crippen molar-refractivity contribution in [3.63, 3.8) is 0 Å². The average Bonchev–Trinajstić information content (AvgIpc) is 2.49. The van der Waals surface area contributed by atoms with E-state index in [0.29, 0.717) is 24.6 Å². The van der Waals surface area contributed by atoms with Crippen LogP contribution in [0.5, 0.6) is 0 Å². The standard InChI is InChI=1S/C16H25N3O2/c1-12(2)5-4-10-18-16(21)19-11-13-6-8-14(9-7-13)15(20)17-3/h6-9,12H,4-5,10-11H2,1-3H3,(H,17,20)(H2,18,19,21). The van der Waals surface area contributed by atoms with Crippen LogP contribution in [0, 0.1) is 5.92 Å².